The van der Waals surface area contributed by atoms with E-state index in [0.717, 1.165) is 22.6 Å². The number of hydrogen-bond acceptors (Lipinski definition) is 4. The minimum Gasteiger partial charge on any atom is -0.368 e. The molecule has 2 aromatic rings. The lowest BCUT2D eigenvalue weighted by Crippen LogP contribution is -2.93. The number of para-hydroxylation sites is 1. The van der Waals surface area contributed by atoms with Crippen LogP contribution < -0.4 is 11.1 Å². The van der Waals surface area contributed by atoms with E-state index in [4.69, 9.17) is 11.1 Å². The van der Waals surface area contributed by atoms with Crippen molar-refractivity contribution in [3.05, 3.63) is 69.8 Å². The number of nitrogens with zero attached hydrogens (tertiary/aromatic N) is 3. The number of aliphatic imine (C=N–C) groups is 2. The molecule has 0 saturated carbocycles. The fraction of sp³-hybridized carbons (Fsp3) is 0.0625. The zero-order valence-corrected chi connectivity index (χ0v) is 12.6. The van der Waals surface area contributed by atoms with Crippen LogP contribution in [0.1, 0.15) is 11.1 Å². The molecule has 5 N–H and O–H groups in total. The highest BCUT2D eigenvalue weighted by Gasteiger charge is 2.23. The van der Waals surface area contributed by atoms with Gasteiger partial charge in [0.05, 0.1) is 22.6 Å². The molecule has 0 saturated heterocycles. The number of guanidine groups is 1. The van der Waals surface area contributed by atoms with Crippen LogP contribution >= 0.6 is 0 Å². The molecule has 120 valence electrons. The molecule has 0 bridgehead atoms. The van der Waals surface area contributed by atoms with E-state index in [1.165, 1.54) is 12.1 Å². The van der Waals surface area contributed by atoms with Gasteiger partial charge >= 0.3 is 0 Å². The van der Waals surface area contributed by atoms with Crippen LogP contribution in [0.25, 0.3) is 0 Å². The van der Waals surface area contributed by atoms with E-state index in [9.17, 15) is 10.1 Å². The van der Waals surface area contributed by atoms with Crippen LogP contribution in [0.2, 0.25) is 0 Å². The summed E-state index contributed by atoms with van der Waals surface area (Å²) in [4.78, 5) is 18.9. The standard InChI is InChI=1S/C16H14N6O2/c17-16(18)21-15-12-3-1-2-4-13(12)19-14(20-15)9-10-5-7-11(8-6-10)22(23)24/h1-8H,9H2,(H4,17,18,19,20,21)/p+1. The lowest BCUT2D eigenvalue weighted by molar-refractivity contribution is -0.410. The number of nitro groups is 1. The van der Waals surface area contributed by atoms with Gasteiger partial charge in [-0.2, -0.15) is 9.98 Å². The highest BCUT2D eigenvalue weighted by atomic mass is 16.6. The molecule has 3 rings (SSSR count). The molecular weight excluding hydrogens is 308 g/mol. The SMILES string of the molecule is N=C(N)N=C1[NH2+]C(Cc2ccc([N+](=O)[O-])cc2)=Nc2ccccc21. The predicted molar refractivity (Wildman–Crippen MR) is 90.7 cm³/mol. The van der Waals surface area contributed by atoms with Crippen LogP contribution in [0.3, 0.4) is 0 Å². The van der Waals surface area contributed by atoms with Gasteiger partial charge in [0.25, 0.3) is 5.69 Å². The lowest BCUT2D eigenvalue weighted by Gasteiger charge is -2.14. The quantitative estimate of drug-likeness (QED) is 0.337. The van der Waals surface area contributed by atoms with Gasteiger partial charge in [-0.25, -0.2) is 0 Å². The Morgan fingerprint density at radius 3 is 2.62 bits per heavy atom. The highest BCUT2D eigenvalue weighted by molar-refractivity contribution is 6.08. The number of hydrogen-bond donors (Lipinski definition) is 3. The Morgan fingerprint density at radius 2 is 1.96 bits per heavy atom. The Kier molecular flexibility index (Phi) is 4.13. The Hall–Kier alpha value is -3.39. The molecule has 8 nitrogen and oxygen atoms in total. The van der Waals surface area contributed by atoms with Crippen molar-refractivity contribution in [2.75, 3.05) is 0 Å². The first-order valence-corrected chi connectivity index (χ1v) is 7.21. The molecule has 0 atom stereocenters. The van der Waals surface area contributed by atoms with Gasteiger partial charge in [0.2, 0.25) is 17.6 Å². The van der Waals surface area contributed by atoms with Crippen LogP contribution in [-0.4, -0.2) is 22.6 Å². The van der Waals surface area contributed by atoms with Gasteiger partial charge < -0.3 is 5.73 Å². The highest BCUT2D eigenvalue weighted by Crippen LogP contribution is 2.21. The molecule has 8 heteroatoms. The number of nitrogens with two attached hydrogens (primary N) is 2. The van der Waals surface area contributed by atoms with E-state index in [-0.39, 0.29) is 11.6 Å². The number of rotatable bonds is 3. The van der Waals surface area contributed by atoms with E-state index in [1.54, 1.807) is 17.4 Å². The average Bonchev–Trinajstić information content (AvgIpc) is 2.55. The number of nitro benzene ring substituents is 1. The van der Waals surface area contributed by atoms with Crippen LogP contribution in [0.15, 0.2) is 58.5 Å². The van der Waals surface area contributed by atoms with Gasteiger partial charge in [-0.15, -0.1) is 0 Å². The number of benzene rings is 2. The molecule has 0 aliphatic carbocycles. The molecule has 0 unspecified atom stereocenters. The van der Waals surface area contributed by atoms with Crippen molar-refractivity contribution in [1.82, 2.24) is 0 Å². The van der Waals surface area contributed by atoms with E-state index < -0.39 is 4.92 Å². The monoisotopic (exact) mass is 323 g/mol. The van der Waals surface area contributed by atoms with E-state index >= 15 is 0 Å². The minimum atomic E-state index is -0.429. The summed E-state index contributed by atoms with van der Waals surface area (Å²) in [5.41, 5.74) is 7.93. The fourth-order valence-electron chi connectivity index (χ4n) is 2.47. The van der Waals surface area contributed by atoms with Crippen molar-refractivity contribution in [2.24, 2.45) is 15.7 Å². The van der Waals surface area contributed by atoms with Crippen molar-refractivity contribution in [3.8, 4) is 0 Å². The van der Waals surface area contributed by atoms with Crippen molar-refractivity contribution in [3.63, 3.8) is 0 Å². The first-order chi connectivity index (χ1) is 11.5. The van der Waals surface area contributed by atoms with Crippen LogP contribution in [-0.2, 0) is 6.42 Å². The molecule has 0 amide bonds. The summed E-state index contributed by atoms with van der Waals surface area (Å²) >= 11 is 0. The first-order valence-electron chi connectivity index (χ1n) is 7.21. The normalized spacial score (nSPS) is 14.8. The largest absolute Gasteiger partial charge is 0.368 e. The molecule has 2 aromatic carbocycles. The molecule has 1 aliphatic rings. The zero-order chi connectivity index (χ0) is 17.1. The third-order valence-electron chi connectivity index (χ3n) is 3.52. The maximum atomic E-state index is 10.7. The second kappa shape index (κ2) is 6.39. The summed E-state index contributed by atoms with van der Waals surface area (Å²) < 4.78 is 0. The van der Waals surface area contributed by atoms with Gasteiger partial charge in [0.15, 0.2) is 0 Å². The smallest absolute Gasteiger partial charge is 0.269 e. The molecule has 24 heavy (non-hydrogen) atoms. The van der Waals surface area contributed by atoms with Crippen molar-refractivity contribution < 1.29 is 10.2 Å². The van der Waals surface area contributed by atoms with Gasteiger partial charge in [-0.05, 0) is 17.7 Å². The number of nitrogens with one attached hydrogen (secondary N) is 1. The topological polar surface area (TPSA) is 134 Å². The third kappa shape index (κ3) is 3.33. The zero-order valence-electron chi connectivity index (χ0n) is 12.6. The van der Waals surface area contributed by atoms with Crippen LogP contribution in [0.5, 0.6) is 0 Å². The summed E-state index contributed by atoms with van der Waals surface area (Å²) in [6, 6.07) is 13.8. The van der Waals surface area contributed by atoms with Gasteiger partial charge in [-0.3, -0.25) is 20.8 Å². The number of non-ortho nitro benzene ring substituents is 1. The van der Waals surface area contributed by atoms with Gasteiger partial charge in [0, 0.05) is 12.1 Å². The van der Waals surface area contributed by atoms with E-state index in [0.29, 0.717) is 12.3 Å². The third-order valence-corrected chi connectivity index (χ3v) is 3.52. The fourth-order valence-corrected chi connectivity index (χ4v) is 2.47. The molecule has 1 aliphatic heterocycles. The summed E-state index contributed by atoms with van der Waals surface area (Å²) in [6.45, 7) is 0. The minimum absolute atomic E-state index is 0.0532. The number of fused-ring (bicyclic) bond motifs is 1. The summed E-state index contributed by atoms with van der Waals surface area (Å²) in [5, 5.41) is 19.9. The van der Waals surface area contributed by atoms with E-state index in [1.807, 2.05) is 24.3 Å². The Morgan fingerprint density at radius 1 is 1.25 bits per heavy atom. The Labute approximate surface area is 137 Å². The van der Waals surface area contributed by atoms with E-state index in [2.05, 4.69) is 9.98 Å². The second-order valence-corrected chi connectivity index (χ2v) is 5.25. The number of amidine groups is 2. The Balaban J connectivity index is 1.90. The predicted octanol–water partition coefficient (Wildman–Crippen LogP) is 1.08. The summed E-state index contributed by atoms with van der Waals surface area (Å²) in [7, 11) is 0. The van der Waals surface area contributed by atoms with Gasteiger partial charge in [0.1, 0.15) is 0 Å². The first kappa shape index (κ1) is 15.5. The van der Waals surface area contributed by atoms with Crippen LogP contribution in [0, 0.1) is 15.5 Å². The molecule has 0 aromatic heterocycles. The summed E-state index contributed by atoms with van der Waals surface area (Å²) in [5.74, 6) is 1.07. The van der Waals surface area contributed by atoms with Crippen LogP contribution in [0.4, 0.5) is 11.4 Å². The lowest BCUT2D eigenvalue weighted by atomic mass is 10.1. The second-order valence-electron chi connectivity index (χ2n) is 5.25. The molecule has 0 spiro atoms. The average molecular weight is 323 g/mol. The molecule has 0 fully saturated rings. The van der Waals surface area contributed by atoms with Crippen molar-refractivity contribution in [2.45, 2.75) is 6.42 Å². The molecule has 1 heterocycles. The molecular formula is C16H15N6O2+. The van der Waals surface area contributed by atoms with Crippen molar-refractivity contribution in [1.29, 1.82) is 5.41 Å². The number of quaternary nitrogens is 1. The Bertz CT molecular complexity index is 870. The maximum Gasteiger partial charge on any atom is 0.269 e. The summed E-state index contributed by atoms with van der Waals surface area (Å²) in [6.07, 6.45) is 0.503. The molecule has 0 radical (unpaired) electrons. The van der Waals surface area contributed by atoms with Gasteiger partial charge in [-0.1, -0.05) is 24.3 Å². The van der Waals surface area contributed by atoms with Crippen molar-refractivity contribution >= 4 is 29.0 Å². The maximum absolute atomic E-state index is 10.7.